The molecule has 0 saturated heterocycles. The number of nitrogens with zero attached hydrogens (tertiary/aromatic N) is 3. The summed E-state index contributed by atoms with van der Waals surface area (Å²) in [4.78, 5) is 28.1. The van der Waals surface area contributed by atoms with Crippen molar-refractivity contribution in [3.8, 4) is 11.5 Å². The van der Waals surface area contributed by atoms with Crippen LogP contribution in [0.25, 0.3) is 11.5 Å². The van der Waals surface area contributed by atoms with Gasteiger partial charge in [-0.15, -0.1) is 0 Å². The minimum absolute atomic E-state index is 0.0990. The van der Waals surface area contributed by atoms with Gasteiger partial charge in [-0.25, -0.2) is 4.79 Å². The van der Waals surface area contributed by atoms with Gasteiger partial charge in [0, 0.05) is 30.8 Å². The zero-order chi connectivity index (χ0) is 17.7. The van der Waals surface area contributed by atoms with Gasteiger partial charge in [0.1, 0.15) is 0 Å². The lowest BCUT2D eigenvalue weighted by Crippen LogP contribution is -2.33. The number of carbonyl (C=O) groups is 2. The number of benzene rings is 1. The zero-order valence-electron chi connectivity index (χ0n) is 13.8. The summed E-state index contributed by atoms with van der Waals surface area (Å²) in [7, 11) is 1.54. The lowest BCUT2D eigenvalue weighted by Gasteiger charge is -2.16. The standard InChI is InChI=1S/C16H20N4O4/c1-10(2)14-18-15(24-19-14)11-4-6-12(7-5-11)17-16(23)20(3)9-8-13(21)22/h4-7,10H,8-9H2,1-3H3,(H,17,23)(H,21,22). The van der Waals surface area contributed by atoms with Crippen LogP contribution in [0.3, 0.4) is 0 Å². The minimum Gasteiger partial charge on any atom is -0.481 e. The van der Waals surface area contributed by atoms with E-state index in [9.17, 15) is 9.59 Å². The molecule has 8 nitrogen and oxygen atoms in total. The SMILES string of the molecule is CC(C)c1noc(-c2ccc(NC(=O)N(C)CCC(=O)O)cc2)n1. The van der Waals surface area contributed by atoms with E-state index >= 15 is 0 Å². The monoisotopic (exact) mass is 332 g/mol. The van der Waals surface area contributed by atoms with Gasteiger partial charge in [0.15, 0.2) is 5.82 Å². The first-order valence-electron chi connectivity index (χ1n) is 7.54. The Morgan fingerprint density at radius 2 is 1.96 bits per heavy atom. The highest BCUT2D eigenvalue weighted by molar-refractivity contribution is 5.89. The summed E-state index contributed by atoms with van der Waals surface area (Å²) in [5, 5.41) is 15.2. The van der Waals surface area contributed by atoms with E-state index in [1.165, 1.54) is 4.90 Å². The van der Waals surface area contributed by atoms with Crippen LogP contribution in [0.4, 0.5) is 10.5 Å². The van der Waals surface area contributed by atoms with E-state index in [2.05, 4.69) is 15.5 Å². The van der Waals surface area contributed by atoms with Crippen molar-refractivity contribution in [2.45, 2.75) is 26.2 Å². The normalized spacial score (nSPS) is 10.7. The summed E-state index contributed by atoms with van der Waals surface area (Å²) in [6.07, 6.45) is -0.0990. The van der Waals surface area contributed by atoms with Crippen LogP contribution in [-0.2, 0) is 4.79 Å². The van der Waals surface area contributed by atoms with Crippen LogP contribution in [0.5, 0.6) is 0 Å². The van der Waals surface area contributed by atoms with Gasteiger partial charge >= 0.3 is 12.0 Å². The van der Waals surface area contributed by atoms with E-state index in [0.717, 1.165) is 5.56 Å². The van der Waals surface area contributed by atoms with Crippen LogP contribution in [0.2, 0.25) is 0 Å². The fourth-order valence-corrected chi connectivity index (χ4v) is 1.87. The quantitative estimate of drug-likeness (QED) is 0.842. The van der Waals surface area contributed by atoms with E-state index < -0.39 is 5.97 Å². The third-order valence-corrected chi connectivity index (χ3v) is 3.35. The van der Waals surface area contributed by atoms with Crippen molar-refractivity contribution >= 4 is 17.7 Å². The van der Waals surface area contributed by atoms with Crippen LogP contribution in [0, 0.1) is 0 Å². The molecule has 1 aromatic carbocycles. The zero-order valence-corrected chi connectivity index (χ0v) is 13.8. The Hall–Kier alpha value is -2.90. The molecule has 2 N–H and O–H groups in total. The average molecular weight is 332 g/mol. The number of aliphatic carboxylic acids is 1. The van der Waals surface area contributed by atoms with Crippen molar-refractivity contribution in [1.82, 2.24) is 15.0 Å². The van der Waals surface area contributed by atoms with Crippen LogP contribution < -0.4 is 5.32 Å². The van der Waals surface area contributed by atoms with E-state index in [-0.39, 0.29) is 24.9 Å². The second-order valence-corrected chi connectivity index (χ2v) is 5.69. The molecule has 2 aromatic rings. The highest BCUT2D eigenvalue weighted by Crippen LogP contribution is 2.21. The maximum absolute atomic E-state index is 11.9. The van der Waals surface area contributed by atoms with Crippen molar-refractivity contribution in [2.75, 3.05) is 18.9 Å². The van der Waals surface area contributed by atoms with Gasteiger partial charge in [0.05, 0.1) is 6.42 Å². The first-order chi connectivity index (χ1) is 11.4. The second-order valence-electron chi connectivity index (χ2n) is 5.69. The number of rotatable bonds is 6. The molecule has 128 valence electrons. The van der Waals surface area contributed by atoms with Crippen molar-refractivity contribution in [3.05, 3.63) is 30.1 Å². The number of aromatic nitrogens is 2. The van der Waals surface area contributed by atoms with Gasteiger partial charge in [0.25, 0.3) is 5.89 Å². The van der Waals surface area contributed by atoms with Crippen molar-refractivity contribution in [3.63, 3.8) is 0 Å². The number of amides is 2. The Bertz CT molecular complexity index is 709. The first-order valence-corrected chi connectivity index (χ1v) is 7.54. The molecule has 0 radical (unpaired) electrons. The number of hydrogen-bond acceptors (Lipinski definition) is 5. The number of hydrogen-bond donors (Lipinski definition) is 2. The summed E-state index contributed by atoms with van der Waals surface area (Å²) in [6.45, 7) is 4.10. The number of nitrogens with one attached hydrogen (secondary N) is 1. The van der Waals surface area contributed by atoms with E-state index in [0.29, 0.717) is 17.4 Å². The molecule has 0 bridgehead atoms. The molecule has 0 spiro atoms. The number of urea groups is 1. The van der Waals surface area contributed by atoms with E-state index in [1.54, 1.807) is 31.3 Å². The molecule has 0 atom stereocenters. The average Bonchev–Trinajstić information content (AvgIpc) is 3.03. The molecule has 0 fully saturated rings. The van der Waals surface area contributed by atoms with E-state index in [1.807, 2.05) is 13.8 Å². The fourth-order valence-electron chi connectivity index (χ4n) is 1.87. The fraction of sp³-hybridized carbons (Fsp3) is 0.375. The maximum atomic E-state index is 11.9. The Morgan fingerprint density at radius 3 is 2.50 bits per heavy atom. The topological polar surface area (TPSA) is 109 Å². The van der Waals surface area contributed by atoms with Gasteiger partial charge in [-0.05, 0) is 24.3 Å². The molecule has 8 heteroatoms. The Morgan fingerprint density at radius 1 is 1.29 bits per heavy atom. The summed E-state index contributed by atoms with van der Waals surface area (Å²) in [5.41, 5.74) is 1.35. The number of anilines is 1. The van der Waals surface area contributed by atoms with Crippen LogP contribution in [0.1, 0.15) is 32.0 Å². The molecular formula is C16H20N4O4. The van der Waals surface area contributed by atoms with Gasteiger partial charge in [-0.1, -0.05) is 19.0 Å². The molecule has 2 amide bonds. The molecule has 0 aliphatic heterocycles. The number of carboxylic acids is 1. The van der Waals surface area contributed by atoms with Crippen LogP contribution in [-0.4, -0.2) is 45.7 Å². The second kappa shape index (κ2) is 7.58. The van der Waals surface area contributed by atoms with Crippen LogP contribution in [0.15, 0.2) is 28.8 Å². The lowest BCUT2D eigenvalue weighted by atomic mass is 10.2. The third kappa shape index (κ3) is 4.55. The highest BCUT2D eigenvalue weighted by atomic mass is 16.5. The largest absolute Gasteiger partial charge is 0.481 e. The number of carboxylic acid groups (broad SMARTS) is 1. The molecule has 0 saturated carbocycles. The summed E-state index contributed by atoms with van der Waals surface area (Å²) in [5.74, 6) is 0.305. The summed E-state index contributed by atoms with van der Waals surface area (Å²) in [6, 6.07) is 6.60. The maximum Gasteiger partial charge on any atom is 0.321 e. The minimum atomic E-state index is -0.945. The Labute approximate surface area is 139 Å². The molecule has 24 heavy (non-hydrogen) atoms. The molecule has 0 unspecified atom stereocenters. The first kappa shape index (κ1) is 17.5. The molecule has 0 aliphatic carbocycles. The van der Waals surface area contributed by atoms with Gasteiger partial charge in [-0.2, -0.15) is 4.98 Å². The van der Waals surface area contributed by atoms with Crippen LogP contribution >= 0.6 is 0 Å². The van der Waals surface area contributed by atoms with Gasteiger partial charge < -0.3 is 19.8 Å². The number of carbonyl (C=O) groups excluding carboxylic acids is 1. The smallest absolute Gasteiger partial charge is 0.321 e. The predicted molar refractivity (Wildman–Crippen MR) is 87.7 cm³/mol. The van der Waals surface area contributed by atoms with Gasteiger partial charge in [0.2, 0.25) is 0 Å². The Balaban J connectivity index is 1.98. The molecule has 1 aromatic heterocycles. The highest BCUT2D eigenvalue weighted by Gasteiger charge is 2.13. The summed E-state index contributed by atoms with van der Waals surface area (Å²) < 4.78 is 5.21. The lowest BCUT2D eigenvalue weighted by molar-refractivity contribution is -0.137. The van der Waals surface area contributed by atoms with Gasteiger partial charge in [-0.3, -0.25) is 4.79 Å². The predicted octanol–water partition coefficient (Wildman–Crippen LogP) is 2.80. The molecule has 0 aliphatic rings. The van der Waals surface area contributed by atoms with Crippen molar-refractivity contribution in [2.24, 2.45) is 0 Å². The molecular weight excluding hydrogens is 312 g/mol. The third-order valence-electron chi connectivity index (χ3n) is 3.35. The van der Waals surface area contributed by atoms with E-state index in [4.69, 9.17) is 9.63 Å². The Kier molecular flexibility index (Phi) is 5.51. The summed E-state index contributed by atoms with van der Waals surface area (Å²) >= 11 is 0. The molecule has 1 heterocycles. The van der Waals surface area contributed by atoms with Crippen molar-refractivity contribution in [1.29, 1.82) is 0 Å². The van der Waals surface area contributed by atoms with Crippen molar-refractivity contribution < 1.29 is 19.2 Å². The molecule has 2 rings (SSSR count).